The molecule has 1 aliphatic rings. The van der Waals surface area contributed by atoms with Gasteiger partial charge >= 0.3 is 5.97 Å². The van der Waals surface area contributed by atoms with E-state index in [-0.39, 0.29) is 5.91 Å². The molecule has 0 saturated carbocycles. The number of fused-ring (bicyclic) bond motifs is 1. The average molecular weight is 328 g/mol. The monoisotopic (exact) mass is 328 g/mol. The van der Waals surface area contributed by atoms with Crippen LogP contribution in [0.2, 0.25) is 0 Å². The van der Waals surface area contributed by atoms with E-state index >= 15 is 0 Å². The van der Waals surface area contributed by atoms with Crippen LogP contribution in [0.1, 0.15) is 35.4 Å². The second kappa shape index (κ2) is 6.11. The second-order valence-corrected chi connectivity index (χ2v) is 6.04. The number of para-hydroxylation sites is 1. The molecule has 126 valence electrons. The van der Waals surface area contributed by atoms with Gasteiger partial charge in [-0.3, -0.25) is 9.69 Å². The average Bonchev–Trinajstić information content (AvgIpc) is 3.13. The van der Waals surface area contributed by atoms with Crippen molar-refractivity contribution >= 4 is 17.6 Å². The maximum Gasteiger partial charge on any atom is 0.329 e. The van der Waals surface area contributed by atoms with Gasteiger partial charge in [0.25, 0.3) is 0 Å². The molecular formula is C18H20N2O4. The summed E-state index contributed by atoms with van der Waals surface area (Å²) in [4.78, 5) is 26.9. The summed E-state index contributed by atoms with van der Waals surface area (Å²) in [5.41, 5.74) is 3.19. The van der Waals surface area contributed by atoms with E-state index in [2.05, 4.69) is 5.16 Å². The minimum Gasteiger partial charge on any atom is -0.467 e. The molecule has 0 radical (unpaired) electrons. The predicted octanol–water partition coefficient (Wildman–Crippen LogP) is 2.53. The molecule has 1 amide bonds. The van der Waals surface area contributed by atoms with Gasteiger partial charge < -0.3 is 9.26 Å². The molecule has 0 spiro atoms. The Labute approximate surface area is 140 Å². The Balaban J connectivity index is 2.01. The number of rotatable bonds is 3. The zero-order chi connectivity index (χ0) is 17.4. The van der Waals surface area contributed by atoms with E-state index < -0.39 is 17.9 Å². The van der Waals surface area contributed by atoms with Crippen LogP contribution in [0.25, 0.3) is 0 Å². The lowest BCUT2D eigenvalue weighted by Crippen LogP contribution is -2.45. The molecule has 24 heavy (non-hydrogen) atoms. The lowest BCUT2D eigenvalue weighted by Gasteiger charge is -2.26. The van der Waals surface area contributed by atoms with Crippen molar-refractivity contribution in [3.63, 3.8) is 0 Å². The first-order valence-electron chi connectivity index (χ1n) is 7.87. The van der Waals surface area contributed by atoms with E-state index in [1.807, 2.05) is 38.1 Å². The topological polar surface area (TPSA) is 72.6 Å². The van der Waals surface area contributed by atoms with Gasteiger partial charge in [-0.25, -0.2) is 4.79 Å². The summed E-state index contributed by atoms with van der Waals surface area (Å²) in [7, 11) is 1.34. The van der Waals surface area contributed by atoms with E-state index in [0.717, 1.165) is 16.8 Å². The number of aromatic nitrogens is 1. The van der Waals surface area contributed by atoms with Crippen LogP contribution in [0.5, 0.6) is 0 Å². The van der Waals surface area contributed by atoms with E-state index in [9.17, 15) is 9.59 Å². The van der Waals surface area contributed by atoms with E-state index in [4.69, 9.17) is 9.26 Å². The Morgan fingerprint density at radius 3 is 2.67 bits per heavy atom. The summed E-state index contributed by atoms with van der Waals surface area (Å²) in [6.45, 7) is 5.41. The predicted molar refractivity (Wildman–Crippen MR) is 87.8 cm³/mol. The number of hydrogen-bond acceptors (Lipinski definition) is 5. The molecular weight excluding hydrogens is 308 g/mol. The van der Waals surface area contributed by atoms with Gasteiger partial charge in [-0.15, -0.1) is 0 Å². The molecule has 2 heterocycles. The number of aryl methyl sites for hydroxylation is 2. The number of benzene rings is 1. The maximum absolute atomic E-state index is 13.2. The van der Waals surface area contributed by atoms with Gasteiger partial charge in [-0.2, -0.15) is 0 Å². The van der Waals surface area contributed by atoms with Crippen LogP contribution in [0.15, 0.2) is 28.8 Å². The first kappa shape index (κ1) is 16.2. The normalized spacial score (nSPS) is 17.5. The van der Waals surface area contributed by atoms with Crippen molar-refractivity contribution in [3.05, 3.63) is 46.8 Å². The van der Waals surface area contributed by atoms with Crippen molar-refractivity contribution in [2.24, 2.45) is 0 Å². The maximum atomic E-state index is 13.2. The smallest absolute Gasteiger partial charge is 0.329 e. The van der Waals surface area contributed by atoms with Gasteiger partial charge in [-0.1, -0.05) is 23.4 Å². The van der Waals surface area contributed by atoms with E-state index in [0.29, 0.717) is 17.9 Å². The third-order valence-electron chi connectivity index (χ3n) is 4.58. The van der Waals surface area contributed by atoms with Crippen molar-refractivity contribution < 1.29 is 18.8 Å². The summed E-state index contributed by atoms with van der Waals surface area (Å²) in [5.74, 6) is -0.416. The Kier molecular flexibility index (Phi) is 4.13. The van der Waals surface area contributed by atoms with Gasteiger partial charge in [0.1, 0.15) is 11.8 Å². The number of nitrogens with zero attached hydrogens (tertiary/aromatic N) is 2. The van der Waals surface area contributed by atoms with Gasteiger partial charge in [0.15, 0.2) is 0 Å². The number of amides is 1. The minimum absolute atomic E-state index is 0.162. The second-order valence-electron chi connectivity index (χ2n) is 6.04. The number of esters is 1. The molecule has 1 aliphatic heterocycles. The fourth-order valence-electron chi connectivity index (χ4n) is 3.42. The largest absolute Gasteiger partial charge is 0.467 e. The number of hydrogen-bond donors (Lipinski definition) is 0. The highest BCUT2D eigenvalue weighted by atomic mass is 16.5. The lowest BCUT2D eigenvalue weighted by atomic mass is 9.97. The zero-order valence-corrected chi connectivity index (χ0v) is 14.2. The first-order valence-corrected chi connectivity index (χ1v) is 7.87. The quantitative estimate of drug-likeness (QED) is 0.810. The highest BCUT2D eigenvalue weighted by Crippen LogP contribution is 2.36. The molecule has 0 N–H and O–H groups in total. The lowest BCUT2D eigenvalue weighted by molar-refractivity contribution is -0.143. The number of carbonyl (C=O) groups is 2. The fraction of sp³-hybridized carbons (Fsp3) is 0.389. The molecule has 0 unspecified atom stereocenters. The molecule has 2 atom stereocenters. The molecule has 1 aromatic carbocycles. The fourth-order valence-corrected chi connectivity index (χ4v) is 3.42. The Bertz CT molecular complexity index is 777. The van der Waals surface area contributed by atoms with Gasteiger partial charge in [0.2, 0.25) is 5.91 Å². The van der Waals surface area contributed by atoms with Crippen LogP contribution in [0, 0.1) is 13.8 Å². The molecule has 6 nitrogen and oxygen atoms in total. The van der Waals surface area contributed by atoms with Crippen molar-refractivity contribution in [2.75, 3.05) is 12.0 Å². The van der Waals surface area contributed by atoms with Crippen LogP contribution in [0.3, 0.4) is 0 Å². The number of anilines is 1. The number of ether oxygens (including phenoxy) is 1. The number of methoxy groups -OCH3 is 1. The molecule has 1 aromatic heterocycles. The Hall–Kier alpha value is -2.63. The highest BCUT2D eigenvalue weighted by Gasteiger charge is 2.41. The van der Waals surface area contributed by atoms with Crippen LogP contribution >= 0.6 is 0 Å². The number of carbonyl (C=O) groups excluding carboxylic acids is 2. The molecule has 0 fully saturated rings. The molecule has 0 saturated heterocycles. The van der Waals surface area contributed by atoms with Crippen LogP contribution in [-0.4, -0.2) is 30.2 Å². The highest BCUT2D eigenvalue weighted by molar-refractivity contribution is 6.05. The summed E-state index contributed by atoms with van der Waals surface area (Å²) < 4.78 is 10.1. The SMILES string of the molecule is COC(=O)[C@@H]1Cc2ccccc2N1C(=O)[C@H](C)c1c(C)noc1C. The molecule has 0 aliphatic carbocycles. The summed E-state index contributed by atoms with van der Waals surface area (Å²) >= 11 is 0. The standard InChI is InChI=1S/C18H20N2O4/c1-10(16-11(2)19-24-12(16)3)17(21)20-14-8-6-5-7-13(14)9-15(20)18(22)23-4/h5-8,10,15H,9H2,1-4H3/t10-,15+/m1/s1. The van der Waals surface area contributed by atoms with Crippen LogP contribution in [0.4, 0.5) is 5.69 Å². The zero-order valence-electron chi connectivity index (χ0n) is 14.2. The van der Waals surface area contributed by atoms with E-state index in [1.165, 1.54) is 7.11 Å². The van der Waals surface area contributed by atoms with Gasteiger partial charge in [0.05, 0.1) is 18.7 Å². The summed E-state index contributed by atoms with van der Waals surface area (Å²) in [5, 5.41) is 3.92. The van der Waals surface area contributed by atoms with Crippen LogP contribution < -0.4 is 4.90 Å². The third-order valence-corrected chi connectivity index (χ3v) is 4.58. The molecule has 3 rings (SSSR count). The Morgan fingerprint density at radius 2 is 2.04 bits per heavy atom. The van der Waals surface area contributed by atoms with Crippen molar-refractivity contribution in [2.45, 2.75) is 39.2 Å². The van der Waals surface area contributed by atoms with Gasteiger partial charge in [0, 0.05) is 17.7 Å². The van der Waals surface area contributed by atoms with Crippen molar-refractivity contribution in [1.82, 2.24) is 5.16 Å². The third kappa shape index (κ3) is 2.48. The summed E-state index contributed by atoms with van der Waals surface area (Å²) in [6, 6.07) is 6.91. The van der Waals surface area contributed by atoms with Crippen molar-refractivity contribution in [1.29, 1.82) is 0 Å². The van der Waals surface area contributed by atoms with Gasteiger partial charge in [-0.05, 0) is 32.4 Å². The molecule has 0 bridgehead atoms. The molecule has 6 heteroatoms. The van der Waals surface area contributed by atoms with E-state index in [1.54, 1.807) is 11.8 Å². The van der Waals surface area contributed by atoms with Crippen molar-refractivity contribution in [3.8, 4) is 0 Å². The van der Waals surface area contributed by atoms with Crippen LogP contribution in [-0.2, 0) is 20.7 Å². The minimum atomic E-state index is -0.636. The molecule has 2 aromatic rings. The summed E-state index contributed by atoms with van der Waals surface area (Å²) in [6.07, 6.45) is 0.461. The Morgan fingerprint density at radius 1 is 1.33 bits per heavy atom. The first-order chi connectivity index (χ1) is 11.5.